The van der Waals surface area contributed by atoms with Crippen LogP contribution in [0.1, 0.15) is 19.8 Å². The van der Waals surface area contributed by atoms with Crippen LogP contribution in [-0.2, 0) is 9.53 Å². The molecular weight excluding hydrogens is 304 g/mol. The van der Waals surface area contributed by atoms with Gasteiger partial charge in [-0.1, -0.05) is 11.6 Å². The number of anilines is 1. The minimum absolute atomic E-state index is 0.0246. The van der Waals surface area contributed by atoms with Gasteiger partial charge in [0.05, 0.1) is 18.6 Å². The van der Waals surface area contributed by atoms with Gasteiger partial charge in [-0.3, -0.25) is 4.79 Å². The molecule has 6 nitrogen and oxygen atoms in total. The standard InChI is InChI=1S/C15H21ClN4O2/c1-11-9-20(7-8-22-11)15(21)12-3-2-6-19(10-12)14-5-4-13(16)17-18-14/h4-5,11-12H,2-3,6-10H2,1H3/t11-,12+/m0/s1. The number of amides is 1. The molecule has 22 heavy (non-hydrogen) atoms. The molecule has 1 aromatic heterocycles. The first-order valence-corrected chi connectivity index (χ1v) is 8.16. The highest BCUT2D eigenvalue weighted by molar-refractivity contribution is 6.29. The number of hydrogen-bond donors (Lipinski definition) is 0. The second-order valence-corrected chi connectivity index (χ2v) is 6.35. The molecule has 7 heteroatoms. The number of aromatic nitrogens is 2. The molecule has 2 atom stereocenters. The van der Waals surface area contributed by atoms with Crippen molar-refractivity contribution in [1.29, 1.82) is 0 Å². The molecule has 2 saturated heterocycles. The number of ether oxygens (including phenoxy) is 1. The van der Waals surface area contributed by atoms with E-state index < -0.39 is 0 Å². The Balaban J connectivity index is 1.64. The quantitative estimate of drug-likeness (QED) is 0.827. The number of carbonyl (C=O) groups excluding carboxylic acids is 1. The maximum Gasteiger partial charge on any atom is 0.227 e. The van der Waals surface area contributed by atoms with Gasteiger partial charge in [0, 0.05) is 26.2 Å². The van der Waals surface area contributed by atoms with Crippen LogP contribution in [0, 0.1) is 5.92 Å². The van der Waals surface area contributed by atoms with E-state index in [2.05, 4.69) is 15.1 Å². The van der Waals surface area contributed by atoms with Crippen LogP contribution in [0.25, 0.3) is 0 Å². The predicted molar refractivity (Wildman–Crippen MR) is 84.0 cm³/mol. The Morgan fingerprint density at radius 1 is 1.32 bits per heavy atom. The van der Waals surface area contributed by atoms with E-state index in [0.29, 0.717) is 31.4 Å². The van der Waals surface area contributed by atoms with E-state index >= 15 is 0 Å². The Morgan fingerprint density at radius 3 is 2.91 bits per heavy atom. The third-order valence-electron chi connectivity index (χ3n) is 4.27. The molecule has 0 aliphatic carbocycles. The average molecular weight is 325 g/mol. The van der Waals surface area contributed by atoms with Crippen LogP contribution < -0.4 is 4.90 Å². The molecule has 0 aromatic carbocycles. The van der Waals surface area contributed by atoms with Crippen LogP contribution in [0.2, 0.25) is 5.15 Å². The second-order valence-electron chi connectivity index (χ2n) is 5.97. The molecule has 2 aliphatic rings. The van der Waals surface area contributed by atoms with Crippen LogP contribution in [0.15, 0.2) is 12.1 Å². The third kappa shape index (κ3) is 3.50. The van der Waals surface area contributed by atoms with Crippen molar-refractivity contribution in [3.05, 3.63) is 17.3 Å². The van der Waals surface area contributed by atoms with Crippen LogP contribution in [0.5, 0.6) is 0 Å². The molecule has 0 radical (unpaired) electrons. The van der Waals surface area contributed by atoms with Gasteiger partial charge in [0.2, 0.25) is 5.91 Å². The lowest BCUT2D eigenvalue weighted by Gasteiger charge is -2.37. The zero-order chi connectivity index (χ0) is 15.5. The van der Waals surface area contributed by atoms with Crippen molar-refractivity contribution in [2.75, 3.05) is 37.7 Å². The Morgan fingerprint density at radius 2 is 2.18 bits per heavy atom. The van der Waals surface area contributed by atoms with Crippen molar-refractivity contribution in [2.24, 2.45) is 5.92 Å². The van der Waals surface area contributed by atoms with Crippen LogP contribution >= 0.6 is 11.6 Å². The summed E-state index contributed by atoms with van der Waals surface area (Å²) in [4.78, 5) is 16.8. The van der Waals surface area contributed by atoms with Crippen LogP contribution in [-0.4, -0.2) is 59.9 Å². The lowest BCUT2D eigenvalue weighted by molar-refractivity contribution is -0.142. The molecule has 0 N–H and O–H groups in total. The first-order valence-electron chi connectivity index (χ1n) is 7.78. The number of rotatable bonds is 2. The van der Waals surface area contributed by atoms with Crippen molar-refractivity contribution in [3.8, 4) is 0 Å². The Hall–Kier alpha value is -1.40. The van der Waals surface area contributed by atoms with Crippen molar-refractivity contribution in [1.82, 2.24) is 15.1 Å². The van der Waals surface area contributed by atoms with Gasteiger partial charge >= 0.3 is 0 Å². The topological polar surface area (TPSA) is 58.6 Å². The molecular formula is C15H21ClN4O2. The third-order valence-corrected chi connectivity index (χ3v) is 4.47. The maximum atomic E-state index is 12.7. The Bertz CT molecular complexity index is 525. The predicted octanol–water partition coefficient (Wildman–Crippen LogP) is 1.59. The summed E-state index contributed by atoms with van der Waals surface area (Å²) in [7, 11) is 0. The van der Waals surface area contributed by atoms with E-state index in [1.807, 2.05) is 17.9 Å². The minimum Gasteiger partial charge on any atom is -0.375 e. The molecule has 3 heterocycles. The molecule has 0 unspecified atom stereocenters. The smallest absolute Gasteiger partial charge is 0.227 e. The number of piperidine rings is 1. The summed E-state index contributed by atoms with van der Waals surface area (Å²) in [5.74, 6) is 1.05. The van der Waals surface area contributed by atoms with E-state index in [4.69, 9.17) is 16.3 Å². The zero-order valence-corrected chi connectivity index (χ0v) is 13.5. The number of morpholine rings is 1. The molecule has 0 saturated carbocycles. The van der Waals surface area contributed by atoms with Gasteiger partial charge in [0.25, 0.3) is 0 Å². The molecule has 0 spiro atoms. The monoisotopic (exact) mass is 324 g/mol. The van der Waals surface area contributed by atoms with E-state index in [1.54, 1.807) is 6.07 Å². The van der Waals surface area contributed by atoms with Gasteiger partial charge in [0.1, 0.15) is 0 Å². The lowest BCUT2D eigenvalue weighted by atomic mass is 9.96. The highest BCUT2D eigenvalue weighted by Gasteiger charge is 2.31. The lowest BCUT2D eigenvalue weighted by Crippen LogP contribution is -2.50. The van der Waals surface area contributed by atoms with Crippen molar-refractivity contribution in [3.63, 3.8) is 0 Å². The Kier molecular flexibility index (Phi) is 4.78. The summed E-state index contributed by atoms with van der Waals surface area (Å²) in [6, 6.07) is 3.60. The second kappa shape index (κ2) is 6.79. The fourth-order valence-electron chi connectivity index (χ4n) is 3.14. The Labute approximate surface area is 135 Å². The molecule has 1 aromatic rings. The zero-order valence-electron chi connectivity index (χ0n) is 12.7. The van der Waals surface area contributed by atoms with Gasteiger partial charge in [-0.05, 0) is 31.9 Å². The van der Waals surface area contributed by atoms with Gasteiger partial charge in [-0.2, -0.15) is 0 Å². The number of carbonyl (C=O) groups is 1. The van der Waals surface area contributed by atoms with Gasteiger partial charge in [-0.15, -0.1) is 10.2 Å². The summed E-state index contributed by atoms with van der Waals surface area (Å²) in [6.07, 6.45) is 2.04. The maximum absolute atomic E-state index is 12.7. The molecule has 120 valence electrons. The molecule has 2 fully saturated rings. The largest absolute Gasteiger partial charge is 0.375 e. The van der Waals surface area contributed by atoms with Gasteiger partial charge in [0.15, 0.2) is 11.0 Å². The van der Waals surface area contributed by atoms with Gasteiger partial charge < -0.3 is 14.5 Å². The van der Waals surface area contributed by atoms with Gasteiger partial charge in [-0.25, -0.2) is 0 Å². The highest BCUT2D eigenvalue weighted by atomic mass is 35.5. The summed E-state index contributed by atoms with van der Waals surface area (Å²) in [6.45, 7) is 5.62. The van der Waals surface area contributed by atoms with Crippen LogP contribution in [0.4, 0.5) is 5.82 Å². The first kappa shape index (κ1) is 15.5. The molecule has 1 amide bonds. The van der Waals surface area contributed by atoms with Crippen molar-refractivity contribution < 1.29 is 9.53 Å². The molecule has 0 bridgehead atoms. The summed E-state index contributed by atoms with van der Waals surface area (Å²) in [5.41, 5.74) is 0. The van der Waals surface area contributed by atoms with Crippen LogP contribution in [0.3, 0.4) is 0 Å². The fourth-order valence-corrected chi connectivity index (χ4v) is 3.24. The summed E-state index contributed by atoms with van der Waals surface area (Å²) >= 11 is 5.78. The number of nitrogens with zero attached hydrogens (tertiary/aromatic N) is 4. The highest BCUT2D eigenvalue weighted by Crippen LogP contribution is 2.24. The minimum atomic E-state index is 0.0246. The average Bonchev–Trinajstić information content (AvgIpc) is 2.55. The first-order chi connectivity index (χ1) is 10.6. The SMILES string of the molecule is C[C@H]1CN(C(=O)[C@@H]2CCCN(c3ccc(Cl)nn3)C2)CCO1. The number of hydrogen-bond acceptors (Lipinski definition) is 5. The van der Waals surface area contributed by atoms with Crippen molar-refractivity contribution in [2.45, 2.75) is 25.9 Å². The molecule has 2 aliphatic heterocycles. The van der Waals surface area contributed by atoms with Crippen molar-refractivity contribution >= 4 is 23.3 Å². The summed E-state index contributed by atoms with van der Waals surface area (Å²) in [5, 5.41) is 8.39. The van der Waals surface area contributed by atoms with E-state index in [1.165, 1.54) is 0 Å². The normalized spacial score (nSPS) is 26.1. The van der Waals surface area contributed by atoms with E-state index in [-0.39, 0.29) is 17.9 Å². The number of halogens is 1. The summed E-state index contributed by atoms with van der Waals surface area (Å²) < 4.78 is 5.51. The van der Waals surface area contributed by atoms with E-state index in [9.17, 15) is 4.79 Å². The van der Waals surface area contributed by atoms with E-state index in [0.717, 1.165) is 25.2 Å². The fraction of sp³-hybridized carbons (Fsp3) is 0.667. The molecule has 3 rings (SSSR count).